The fraction of sp³-hybridized carbons (Fsp3) is 0.312. The highest BCUT2D eigenvalue weighted by molar-refractivity contribution is 6.40. The summed E-state index contributed by atoms with van der Waals surface area (Å²) in [6, 6.07) is 10.8. The van der Waals surface area contributed by atoms with Gasteiger partial charge in [0.15, 0.2) is 0 Å². The SMILES string of the molecule is CN(CC/C=C(\C=O)c1ccc(C(=O)Nc2c(O)cccc2C(=O)N=C/C(Cl)=C\C=C\N)cc1)CCN1CCCCC1. The van der Waals surface area contributed by atoms with Crippen molar-refractivity contribution in [3.63, 3.8) is 0 Å². The molecule has 4 N–H and O–H groups in total. The van der Waals surface area contributed by atoms with Gasteiger partial charge in [0.25, 0.3) is 11.8 Å². The van der Waals surface area contributed by atoms with E-state index in [1.807, 2.05) is 6.08 Å². The first kappa shape index (κ1) is 32.5. The van der Waals surface area contributed by atoms with Crippen LogP contribution in [0.25, 0.3) is 5.57 Å². The first-order chi connectivity index (χ1) is 20.3. The molecule has 0 atom stereocenters. The van der Waals surface area contributed by atoms with Crippen LogP contribution in [0.5, 0.6) is 5.75 Å². The normalized spacial score (nSPS) is 15.0. The third kappa shape index (κ3) is 10.1. The minimum absolute atomic E-state index is 0.0119. The summed E-state index contributed by atoms with van der Waals surface area (Å²) in [7, 11) is 2.09. The summed E-state index contributed by atoms with van der Waals surface area (Å²) < 4.78 is 0. The van der Waals surface area contributed by atoms with Crippen molar-refractivity contribution in [2.24, 2.45) is 10.7 Å². The number of phenolic OH excluding ortho intramolecular Hbond substituents is 1. The summed E-state index contributed by atoms with van der Waals surface area (Å²) in [6.07, 6.45) is 12.7. The Bertz CT molecular complexity index is 1350. The van der Waals surface area contributed by atoms with Crippen LogP contribution in [0.15, 0.2) is 76.9 Å². The van der Waals surface area contributed by atoms with Gasteiger partial charge in [-0.25, -0.2) is 4.99 Å². The van der Waals surface area contributed by atoms with E-state index in [2.05, 4.69) is 27.2 Å². The standard InChI is InChI=1S/C32H38ClN5O4/c1-37(20-21-38-18-3-2-4-19-38)17-7-8-26(23-39)24-12-14-25(15-13-24)31(41)36-30-28(10-5-11-29(30)40)32(42)35-22-27(33)9-6-16-34/h5-6,8-16,22-23,40H,2-4,7,17-21,34H2,1H3,(H,36,41)/b16-6+,26-8+,27-9+,35-22?. The number of anilines is 1. The number of phenols is 1. The Hall–Kier alpha value is -4.05. The van der Waals surface area contributed by atoms with Gasteiger partial charge in [-0.15, -0.1) is 0 Å². The molecule has 0 aliphatic carbocycles. The van der Waals surface area contributed by atoms with Crippen LogP contribution < -0.4 is 11.1 Å². The highest BCUT2D eigenvalue weighted by Crippen LogP contribution is 2.29. The number of para-hydroxylation sites is 1. The van der Waals surface area contributed by atoms with E-state index in [1.54, 1.807) is 24.3 Å². The molecule has 0 saturated carbocycles. The number of amides is 2. The molecule has 0 unspecified atom stereocenters. The van der Waals surface area contributed by atoms with Crippen LogP contribution in [0.4, 0.5) is 5.69 Å². The molecule has 2 aromatic carbocycles. The van der Waals surface area contributed by atoms with Gasteiger partial charge in [0.1, 0.15) is 12.0 Å². The maximum atomic E-state index is 13.0. The molecular weight excluding hydrogens is 554 g/mol. The Balaban J connectivity index is 1.61. The van der Waals surface area contributed by atoms with E-state index in [4.69, 9.17) is 17.3 Å². The second kappa shape index (κ2) is 17.0. The van der Waals surface area contributed by atoms with Crippen molar-refractivity contribution in [1.82, 2.24) is 9.80 Å². The molecule has 2 aromatic rings. The summed E-state index contributed by atoms with van der Waals surface area (Å²) in [5, 5.41) is 13.1. The third-order valence-electron chi connectivity index (χ3n) is 6.91. The second-order valence-corrected chi connectivity index (χ2v) is 10.4. The van der Waals surface area contributed by atoms with E-state index >= 15 is 0 Å². The van der Waals surface area contributed by atoms with Gasteiger partial charge in [0.05, 0.1) is 16.3 Å². The third-order valence-corrected chi connectivity index (χ3v) is 7.14. The summed E-state index contributed by atoms with van der Waals surface area (Å²) in [4.78, 5) is 46.0. The summed E-state index contributed by atoms with van der Waals surface area (Å²) in [5.41, 5.74) is 6.70. The zero-order chi connectivity index (χ0) is 30.3. The van der Waals surface area contributed by atoms with Gasteiger partial charge in [-0.2, -0.15) is 0 Å². The predicted octanol–water partition coefficient (Wildman–Crippen LogP) is 4.84. The Morgan fingerprint density at radius 3 is 2.50 bits per heavy atom. The molecule has 222 valence electrons. The van der Waals surface area contributed by atoms with Crippen molar-refractivity contribution in [3.8, 4) is 5.75 Å². The van der Waals surface area contributed by atoms with Crippen LogP contribution in [0.1, 0.15) is 52.0 Å². The molecule has 42 heavy (non-hydrogen) atoms. The fourth-order valence-corrected chi connectivity index (χ4v) is 4.63. The topological polar surface area (TPSA) is 128 Å². The van der Waals surface area contributed by atoms with E-state index < -0.39 is 11.8 Å². The Morgan fingerprint density at radius 1 is 1.10 bits per heavy atom. The number of hydrogen-bond acceptors (Lipinski definition) is 7. The van der Waals surface area contributed by atoms with E-state index in [1.165, 1.54) is 68.9 Å². The van der Waals surface area contributed by atoms with E-state index in [-0.39, 0.29) is 27.6 Å². The number of nitrogens with zero attached hydrogens (tertiary/aromatic N) is 3. The van der Waals surface area contributed by atoms with Crippen molar-refractivity contribution in [2.75, 3.05) is 45.1 Å². The molecule has 1 aliphatic rings. The Morgan fingerprint density at radius 2 is 1.81 bits per heavy atom. The van der Waals surface area contributed by atoms with E-state index in [0.717, 1.165) is 38.6 Å². The van der Waals surface area contributed by atoms with E-state index in [0.29, 0.717) is 11.1 Å². The molecule has 0 spiro atoms. The smallest absolute Gasteiger partial charge is 0.279 e. The van der Waals surface area contributed by atoms with Crippen molar-refractivity contribution < 1.29 is 19.5 Å². The number of allylic oxidation sites excluding steroid dienone is 4. The number of aldehydes is 1. The van der Waals surface area contributed by atoms with Crippen molar-refractivity contribution >= 4 is 47.2 Å². The summed E-state index contributed by atoms with van der Waals surface area (Å²) in [6.45, 7) is 5.25. The fourth-order valence-electron chi connectivity index (χ4n) is 4.51. The molecule has 0 aromatic heterocycles. The second-order valence-electron chi connectivity index (χ2n) is 10.0. The molecule has 3 rings (SSSR count). The number of hydrogen-bond donors (Lipinski definition) is 3. The maximum Gasteiger partial charge on any atom is 0.279 e. The van der Waals surface area contributed by atoms with Gasteiger partial charge in [0, 0.05) is 37.0 Å². The highest BCUT2D eigenvalue weighted by Gasteiger charge is 2.18. The monoisotopic (exact) mass is 591 g/mol. The number of carbonyl (C=O) groups is 3. The molecular formula is C32H38ClN5O4. The van der Waals surface area contributed by atoms with E-state index in [9.17, 15) is 19.5 Å². The van der Waals surface area contributed by atoms with Crippen LogP contribution in [-0.4, -0.2) is 79.0 Å². The van der Waals surface area contributed by atoms with Crippen molar-refractivity contribution in [3.05, 3.63) is 88.6 Å². The minimum atomic E-state index is -0.710. The molecule has 1 saturated heterocycles. The minimum Gasteiger partial charge on any atom is -0.506 e. The number of rotatable bonds is 13. The lowest BCUT2D eigenvalue weighted by Crippen LogP contribution is -2.36. The Kier molecular flexibility index (Phi) is 13.2. The molecule has 1 heterocycles. The van der Waals surface area contributed by atoms with Crippen molar-refractivity contribution in [1.29, 1.82) is 0 Å². The molecule has 10 heteroatoms. The predicted molar refractivity (Wildman–Crippen MR) is 169 cm³/mol. The first-order valence-corrected chi connectivity index (χ1v) is 14.3. The van der Waals surface area contributed by atoms with Crippen LogP contribution in [0, 0.1) is 0 Å². The molecule has 9 nitrogen and oxygen atoms in total. The zero-order valence-corrected chi connectivity index (χ0v) is 24.6. The quantitative estimate of drug-likeness (QED) is 0.0999. The summed E-state index contributed by atoms with van der Waals surface area (Å²) in [5.74, 6) is -1.54. The average Bonchev–Trinajstić information content (AvgIpc) is 3.01. The number of nitrogens with one attached hydrogen (secondary N) is 1. The van der Waals surface area contributed by atoms with Crippen molar-refractivity contribution in [2.45, 2.75) is 25.7 Å². The van der Waals surface area contributed by atoms with Gasteiger partial charge in [-0.1, -0.05) is 42.3 Å². The zero-order valence-electron chi connectivity index (χ0n) is 23.8. The van der Waals surface area contributed by atoms with Gasteiger partial charge in [-0.05, 0) is 87.6 Å². The number of piperidine rings is 1. The molecule has 1 aliphatic heterocycles. The average molecular weight is 592 g/mol. The molecule has 0 bridgehead atoms. The molecule has 0 radical (unpaired) electrons. The largest absolute Gasteiger partial charge is 0.506 e. The first-order valence-electron chi connectivity index (χ1n) is 13.9. The van der Waals surface area contributed by atoms with Gasteiger partial charge in [-0.3, -0.25) is 14.4 Å². The lowest BCUT2D eigenvalue weighted by molar-refractivity contribution is -0.103. The lowest BCUT2D eigenvalue weighted by atomic mass is 10.0. The lowest BCUT2D eigenvalue weighted by Gasteiger charge is -2.28. The van der Waals surface area contributed by atoms with Crippen LogP contribution in [0.3, 0.4) is 0 Å². The van der Waals surface area contributed by atoms with Gasteiger partial charge < -0.3 is 26.0 Å². The number of halogens is 1. The van der Waals surface area contributed by atoms with Crippen LogP contribution in [0.2, 0.25) is 0 Å². The number of likely N-dealkylation sites (tertiary alicyclic amines) is 1. The number of aromatic hydroxyl groups is 1. The summed E-state index contributed by atoms with van der Waals surface area (Å²) >= 11 is 5.96. The van der Waals surface area contributed by atoms with Gasteiger partial charge >= 0.3 is 0 Å². The highest BCUT2D eigenvalue weighted by atomic mass is 35.5. The number of likely N-dealkylation sites (N-methyl/N-ethyl adjacent to an activating group) is 1. The molecule has 1 fully saturated rings. The van der Waals surface area contributed by atoms with Gasteiger partial charge in [0.2, 0.25) is 0 Å². The van der Waals surface area contributed by atoms with Crippen LogP contribution >= 0.6 is 11.6 Å². The maximum absolute atomic E-state index is 13.0. The molecule has 2 amide bonds. The number of carbonyl (C=O) groups excluding carboxylic acids is 3. The number of aliphatic imine (C=N–C) groups is 1. The number of nitrogens with two attached hydrogens (primary N) is 1. The van der Waals surface area contributed by atoms with Crippen LogP contribution in [-0.2, 0) is 4.79 Å². The Labute approximate surface area is 252 Å². The number of benzene rings is 2.